The van der Waals surface area contributed by atoms with Gasteiger partial charge in [0.15, 0.2) is 0 Å². The van der Waals surface area contributed by atoms with Gasteiger partial charge in [-0.3, -0.25) is 4.98 Å². The van der Waals surface area contributed by atoms with E-state index in [1.54, 1.807) is 6.20 Å². The number of likely N-dealkylation sites (N-methyl/N-ethyl adjacent to an activating group) is 1. The number of nitrogens with zero attached hydrogens (tertiary/aromatic N) is 2. The van der Waals surface area contributed by atoms with Crippen LogP contribution in [-0.4, -0.2) is 42.5 Å². The lowest BCUT2D eigenvalue weighted by molar-refractivity contribution is -0.0572. The molecule has 0 saturated carbocycles. The molecule has 0 bridgehead atoms. The Hall–Kier alpha value is -1.17. The number of ether oxygens (including phenoxy) is 1. The Morgan fingerprint density at radius 2 is 2.22 bits per heavy atom. The second kappa shape index (κ2) is 5.65. The predicted octanol–water partition coefficient (Wildman–Crippen LogP) is 0.518. The van der Waals surface area contributed by atoms with Crippen molar-refractivity contribution in [3.63, 3.8) is 0 Å². The molecular weight excluding hydrogens is 230 g/mol. The van der Waals surface area contributed by atoms with Crippen molar-refractivity contribution >= 4 is 5.69 Å². The van der Waals surface area contributed by atoms with E-state index in [-0.39, 0.29) is 0 Å². The van der Waals surface area contributed by atoms with E-state index < -0.39 is 5.60 Å². The molecule has 1 aliphatic heterocycles. The van der Waals surface area contributed by atoms with Crippen LogP contribution < -0.4 is 10.6 Å². The summed E-state index contributed by atoms with van der Waals surface area (Å²) in [6.07, 6.45) is 3.09. The number of rotatable bonds is 4. The average Bonchev–Trinajstić information content (AvgIpc) is 2.39. The van der Waals surface area contributed by atoms with Crippen LogP contribution in [0.5, 0.6) is 0 Å². The second-order valence-electron chi connectivity index (χ2n) is 4.87. The van der Waals surface area contributed by atoms with Gasteiger partial charge in [-0.25, -0.2) is 0 Å². The fraction of sp³-hybridized carbons (Fsp3) is 0.615. The van der Waals surface area contributed by atoms with Gasteiger partial charge in [0.1, 0.15) is 0 Å². The highest BCUT2D eigenvalue weighted by molar-refractivity contribution is 5.50. The smallest absolute Gasteiger partial charge is 0.0865 e. The molecule has 1 aromatic heterocycles. The quantitative estimate of drug-likeness (QED) is 0.816. The molecule has 1 aliphatic rings. The van der Waals surface area contributed by atoms with Crippen LogP contribution in [0, 0.1) is 0 Å². The second-order valence-corrected chi connectivity index (χ2v) is 4.87. The molecule has 3 N–H and O–H groups in total. The molecule has 2 rings (SSSR count). The lowest BCUT2D eigenvalue weighted by atomic mass is 9.93. The number of aliphatic hydroxyl groups is 1. The minimum atomic E-state index is -0.672. The third-order valence-corrected chi connectivity index (χ3v) is 3.43. The fourth-order valence-corrected chi connectivity index (χ4v) is 2.37. The molecule has 5 heteroatoms. The fourth-order valence-electron chi connectivity index (χ4n) is 2.37. The number of aromatic nitrogens is 1. The first-order valence-electron chi connectivity index (χ1n) is 6.30. The van der Waals surface area contributed by atoms with Crippen molar-refractivity contribution in [2.24, 2.45) is 5.73 Å². The van der Waals surface area contributed by atoms with Crippen LogP contribution in [0.15, 0.2) is 18.3 Å². The largest absolute Gasteiger partial charge is 0.388 e. The number of nitrogens with two attached hydrogens (primary N) is 1. The molecule has 0 aliphatic carbocycles. The van der Waals surface area contributed by atoms with Gasteiger partial charge in [0, 0.05) is 52.4 Å². The van der Waals surface area contributed by atoms with Crippen LogP contribution in [0.3, 0.4) is 0 Å². The summed E-state index contributed by atoms with van der Waals surface area (Å²) in [7, 11) is 1.96. The van der Waals surface area contributed by atoms with Crippen LogP contribution in [0.1, 0.15) is 18.5 Å². The van der Waals surface area contributed by atoms with Gasteiger partial charge in [0.25, 0.3) is 0 Å². The summed E-state index contributed by atoms with van der Waals surface area (Å²) in [6.45, 7) is 2.24. The van der Waals surface area contributed by atoms with Crippen molar-refractivity contribution in [2.75, 3.05) is 31.7 Å². The summed E-state index contributed by atoms with van der Waals surface area (Å²) in [5.41, 5.74) is 6.85. The first kappa shape index (κ1) is 13.3. The van der Waals surface area contributed by atoms with Crippen molar-refractivity contribution in [1.82, 2.24) is 4.98 Å². The molecule has 1 fully saturated rings. The predicted molar refractivity (Wildman–Crippen MR) is 70.4 cm³/mol. The Morgan fingerprint density at radius 1 is 1.50 bits per heavy atom. The van der Waals surface area contributed by atoms with Crippen molar-refractivity contribution in [3.8, 4) is 0 Å². The van der Waals surface area contributed by atoms with E-state index in [0.29, 0.717) is 39.1 Å². The molecular formula is C13H21N3O2. The highest BCUT2D eigenvalue weighted by Gasteiger charge is 2.31. The van der Waals surface area contributed by atoms with Gasteiger partial charge in [-0.2, -0.15) is 0 Å². The van der Waals surface area contributed by atoms with E-state index in [4.69, 9.17) is 10.5 Å². The van der Waals surface area contributed by atoms with Crippen LogP contribution in [0.25, 0.3) is 0 Å². The standard InChI is InChI=1S/C13H21N3O2/c1-16(10-13(17)4-7-18-8-5-13)12-3-2-6-15-11(12)9-14/h2-3,6,17H,4-5,7-10,14H2,1H3. The van der Waals surface area contributed by atoms with Crippen LogP contribution in [0.2, 0.25) is 0 Å². The summed E-state index contributed by atoms with van der Waals surface area (Å²) in [5.74, 6) is 0. The maximum Gasteiger partial charge on any atom is 0.0865 e. The number of hydrogen-bond acceptors (Lipinski definition) is 5. The summed E-state index contributed by atoms with van der Waals surface area (Å²) in [6, 6.07) is 3.87. The third kappa shape index (κ3) is 2.98. The molecule has 2 heterocycles. The lowest BCUT2D eigenvalue weighted by Crippen LogP contribution is -2.46. The van der Waals surface area contributed by atoms with Crippen LogP contribution in [-0.2, 0) is 11.3 Å². The Kier molecular flexibility index (Phi) is 4.16. The highest BCUT2D eigenvalue weighted by Crippen LogP contribution is 2.25. The van der Waals surface area contributed by atoms with Gasteiger partial charge < -0.3 is 20.5 Å². The first-order valence-corrected chi connectivity index (χ1v) is 6.30. The van der Waals surface area contributed by atoms with Gasteiger partial charge in [0.05, 0.1) is 17.0 Å². The molecule has 0 atom stereocenters. The molecule has 0 radical (unpaired) electrons. The zero-order valence-corrected chi connectivity index (χ0v) is 10.8. The summed E-state index contributed by atoms with van der Waals surface area (Å²) >= 11 is 0. The topological polar surface area (TPSA) is 71.6 Å². The molecule has 0 unspecified atom stereocenters. The summed E-state index contributed by atoms with van der Waals surface area (Å²) < 4.78 is 5.29. The van der Waals surface area contributed by atoms with Gasteiger partial charge in [-0.15, -0.1) is 0 Å². The number of pyridine rings is 1. The first-order chi connectivity index (χ1) is 8.64. The normalized spacial score (nSPS) is 18.6. The number of anilines is 1. The van der Waals surface area contributed by atoms with Gasteiger partial charge in [0.2, 0.25) is 0 Å². The minimum absolute atomic E-state index is 0.405. The molecule has 5 nitrogen and oxygen atoms in total. The third-order valence-electron chi connectivity index (χ3n) is 3.43. The minimum Gasteiger partial charge on any atom is -0.388 e. The van der Waals surface area contributed by atoms with E-state index >= 15 is 0 Å². The summed E-state index contributed by atoms with van der Waals surface area (Å²) in [4.78, 5) is 6.29. The Morgan fingerprint density at radius 3 is 2.89 bits per heavy atom. The molecule has 0 amide bonds. The van der Waals surface area contributed by atoms with E-state index in [1.807, 2.05) is 24.1 Å². The number of hydrogen-bond donors (Lipinski definition) is 2. The zero-order valence-electron chi connectivity index (χ0n) is 10.8. The van der Waals surface area contributed by atoms with E-state index in [1.165, 1.54) is 0 Å². The highest BCUT2D eigenvalue weighted by atomic mass is 16.5. The van der Waals surface area contributed by atoms with Crippen molar-refractivity contribution in [1.29, 1.82) is 0 Å². The van der Waals surface area contributed by atoms with Gasteiger partial charge in [-0.1, -0.05) is 0 Å². The molecule has 1 saturated heterocycles. The van der Waals surface area contributed by atoms with Crippen molar-refractivity contribution in [3.05, 3.63) is 24.0 Å². The summed E-state index contributed by atoms with van der Waals surface area (Å²) in [5, 5.41) is 10.5. The Bertz CT molecular complexity index is 392. The molecule has 100 valence electrons. The van der Waals surface area contributed by atoms with Crippen molar-refractivity contribution < 1.29 is 9.84 Å². The van der Waals surface area contributed by atoms with Gasteiger partial charge in [-0.05, 0) is 12.1 Å². The van der Waals surface area contributed by atoms with Crippen molar-refractivity contribution in [2.45, 2.75) is 25.0 Å². The maximum atomic E-state index is 10.5. The maximum absolute atomic E-state index is 10.5. The van der Waals surface area contributed by atoms with Gasteiger partial charge >= 0.3 is 0 Å². The van der Waals surface area contributed by atoms with E-state index in [9.17, 15) is 5.11 Å². The molecule has 0 aromatic carbocycles. The average molecular weight is 251 g/mol. The zero-order chi connectivity index (χ0) is 13.0. The van der Waals surface area contributed by atoms with Crippen LogP contribution >= 0.6 is 0 Å². The molecule has 0 spiro atoms. The van der Waals surface area contributed by atoms with E-state index in [0.717, 1.165) is 11.4 Å². The Balaban J connectivity index is 2.08. The lowest BCUT2D eigenvalue weighted by Gasteiger charge is -2.36. The molecule has 18 heavy (non-hydrogen) atoms. The monoisotopic (exact) mass is 251 g/mol. The SMILES string of the molecule is CN(CC1(O)CCOCC1)c1cccnc1CN. The van der Waals surface area contributed by atoms with Crippen LogP contribution in [0.4, 0.5) is 5.69 Å². The van der Waals surface area contributed by atoms with E-state index in [2.05, 4.69) is 4.98 Å². The Labute approximate surface area is 108 Å². The molecule has 1 aromatic rings.